The Morgan fingerprint density at radius 2 is 1.71 bits per heavy atom. The van der Waals surface area contributed by atoms with Crippen LogP contribution in [0.15, 0.2) is 17.1 Å². The molecule has 7 nitrogen and oxygen atoms in total. The second-order valence-corrected chi connectivity index (χ2v) is 4.91. The van der Waals surface area contributed by atoms with Crippen molar-refractivity contribution in [1.29, 1.82) is 0 Å². The highest BCUT2D eigenvalue weighted by molar-refractivity contribution is 5.79. The molecule has 0 radical (unpaired) electrons. The van der Waals surface area contributed by atoms with Crippen molar-refractivity contribution in [1.82, 2.24) is 10.6 Å². The lowest BCUT2D eigenvalue weighted by Crippen LogP contribution is -2.37. The average Bonchev–Trinajstić information content (AvgIpc) is 2.63. The van der Waals surface area contributed by atoms with Gasteiger partial charge in [-0.05, 0) is 13.3 Å². The van der Waals surface area contributed by atoms with E-state index < -0.39 is 0 Å². The van der Waals surface area contributed by atoms with Crippen molar-refractivity contribution in [2.45, 2.75) is 19.9 Å². The standard InChI is InChI=1S/C17H29N3O4/c1-6-24-9-7-8-19-17(18-2)20-12-14-15(22-4)10-13(21-3)11-16(14)23-5/h10-11H,6-9,12H2,1-5H3,(H2,18,19,20). The maximum atomic E-state index is 5.44. The number of hydrogen-bond acceptors (Lipinski definition) is 5. The minimum atomic E-state index is 0.515. The molecule has 0 fully saturated rings. The third-order valence-corrected chi connectivity index (χ3v) is 3.44. The van der Waals surface area contributed by atoms with Gasteiger partial charge in [-0.15, -0.1) is 0 Å². The van der Waals surface area contributed by atoms with Crippen molar-refractivity contribution in [3.63, 3.8) is 0 Å². The molecule has 0 unspecified atom stereocenters. The van der Waals surface area contributed by atoms with Crippen molar-refractivity contribution in [2.75, 3.05) is 48.1 Å². The maximum Gasteiger partial charge on any atom is 0.191 e. The number of nitrogens with zero attached hydrogens (tertiary/aromatic N) is 1. The zero-order valence-corrected chi connectivity index (χ0v) is 15.3. The second kappa shape index (κ2) is 11.4. The number of guanidine groups is 1. The van der Waals surface area contributed by atoms with Gasteiger partial charge < -0.3 is 29.6 Å². The summed E-state index contributed by atoms with van der Waals surface area (Å²) in [5, 5.41) is 6.51. The van der Waals surface area contributed by atoms with Crippen LogP contribution >= 0.6 is 0 Å². The van der Waals surface area contributed by atoms with E-state index in [9.17, 15) is 0 Å². The smallest absolute Gasteiger partial charge is 0.191 e. The van der Waals surface area contributed by atoms with Crippen LogP contribution in [-0.2, 0) is 11.3 Å². The number of aliphatic imine (C=N–C) groups is 1. The summed E-state index contributed by atoms with van der Waals surface area (Å²) < 4.78 is 21.5. The normalized spacial score (nSPS) is 11.1. The van der Waals surface area contributed by atoms with Gasteiger partial charge in [-0.3, -0.25) is 4.99 Å². The Kier molecular flexibility index (Phi) is 9.45. The molecule has 1 aromatic carbocycles. The Morgan fingerprint density at radius 3 is 2.21 bits per heavy atom. The SMILES string of the molecule is CCOCCCNC(=NC)NCc1c(OC)cc(OC)cc1OC. The summed E-state index contributed by atoms with van der Waals surface area (Å²) in [5.74, 6) is 2.80. The third kappa shape index (κ3) is 6.16. The molecule has 0 spiro atoms. The number of hydrogen-bond donors (Lipinski definition) is 2. The lowest BCUT2D eigenvalue weighted by atomic mass is 10.1. The molecule has 24 heavy (non-hydrogen) atoms. The van der Waals surface area contributed by atoms with Crippen LogP contribution in [0, 0.1) is 0 Å². The van der Waals surface area contributed by atoms with Gasteiger partial charge in [0.25, 0.3) is 0 Å². The third-order valence-electron chi connectivity index (χ3n) is 3.44. The highest BCUT2D eigenvalue weighted by Crippen LogP contribution is 2.33. The van der Waals surface area contributed by atoms with E-state index >= 15 is 0 Å². The Labute approximate surface area is 144 Å². The summed E-state index contributed by atoms with van der Waals surface area (Å²) in [6, 6.07) is 3.66. The maximum absolute atomic E-state index is 5.44. The van der Waals surface area contributed by atoms with Crippen LogP contribution in [0.4, 0.5) is 0 Å². The summed E-state index contributed by atoms with van der Waals surface area (Å²) >= 11 is 0. The van der Waals surface area contributed by atoms with Gasteiger partial charge in [0, 0.05) is 38.9 Å². The van der Waals surface area contributed by atoms with Gasteiger partial charge in [0.15, 0.2) is 5.96 Å². The number of ether oxygens (including phenoxy) is 4. The Bertz CT molecular complexity index is 496. The predicted octanol–water partition coefficient (Wildman–Crippen LogP) is 1.80. The van der Waals surface area contributed by atoms with Crippen molar-refractivity contribution in [3.8, 4) is 17.2 Å². The summed E-state index contributed by atoms with van der Waals surface area (Å²) in [5.41, 5.74) is 0.901. The largest absolute Gasteiger partial charge is 0.496 e. The average molecular weight is 339 g/mol. The number of rotatable bonds is 10. The van der Waals surface area contributed by atoms with Crippen molar-refractivity contribution in [2.24, 2.45) is 4.99 Å². The fourth-order valence-electron chi connectivity index (χ4n) is 2.17. The Morgan fingerprint density at radius 1 is 1.04 bits per heavy atom. The first-order chi connectivity index (χ1) is 11.7. The van der Waals surface area contributed by atoms with Crippen LogP contribution in [-0.4, -0.2) is 54.1 Å². The molecule has 136 valence electrons. The Hall–Kier alpha value is -2.15. The van der Waals surface area contributed by atoms with Crippen LogP contribution in [0.2, 0.25) is 0 Å². The Balaban J connectivity index is 2.67. The fourth-order valence-corrected chi connectivity index (χ4v) is 2.17. The predicted molar refractivity (Wildman–Crippen MR) is 95.4 cm³/mol. The zero-order valence-electron chi connectivity index (χ0n) is 15.3. The van der Waals surface area contributed by atoms with Crippen molar-refractivity contribution in [3.05, 3.63) is 17.7 Å². The van der Waals surface area contributed by atoms with E-state index in [1.165, 1.54) is 0 Å². The summed E-state index contributed by atoms with van der Waals surface area (Å²) in [7, 11) is 6.59. The molecular weight excluding hydrogens is 310 g/mol. The molecule has 0 heterocycles. The summed E-state index contributed by atoms with van der Waals surface area (Å²) in [4.78, 5) is 4.21. The van der Waals surface area contributed by atoms with E-state index in [1.807, 2.05) is 19.1 Å². The topological polar surface area (TPSA) is 73.3 Å². The second-order valence-electron chi connectivity index (χ2n) is 4.91. The van der Waals surface area contributed by atoms with Crippen molar-refractivity contribution < 1.29 is 18.9 Å². The molecule has 0 aromatic heterocycles. The van der Waals surface area contributed by atoms with E-state index in [1.54, 1.807) is 28.4 Å². The van der Waals surface area contributed by atoms with E-state index in [-0.39, 0.29) is 0 Å². The van der Waals surface area contributed by atoms with Crippen LogP contribution in [0.3, 0.4) is 0 Å². The van der Waals surface area contributed by atoms with Gasteiger partial charge in [0.1, 0.15) is 17.2 Å². The lowest BCUT2D eigenvalue weighted by molar-refractivity contribution is 0.145. The summed E-state index contributed by atoms with van der Waals surface area (Å²) in [6.45, 7) is 4.77. The van der Waals surface area contributed by atoms with Gasteiger partial charge in [0.05, 0.1) is 33.4 Å². The molecular formula is C17H29N3O4. The minimum absolute atomic E-state index is 0.515. The molecule has 0 aliphatic heterocycles. The first-order valence-corrected chi connectivity index (χ1v) is 8.01. The van der Waals surface area contributed by atoms with Crippen LogP contribution in [0.25, 0.3) is 0 Å². The molecule has 0 aliphatic carbocycles. The van der Waals surface area contributed by atoms with E-state index in [4.69, 9.17) is 18.9 Å². The van der Waals surface area contributed by atoms with Crippen LogP contribution in [0.1, 0.15) is 18.9 Å². The number of methoxy groups -OCH3 is 3. The first kappa shape index (κ1) is 19.9. The number of benzene rings is 1. The molecule has 7 heteroatoms. The molecule has 0 saturated heterocycles. The monoisotopic (exact) mass is 339 g/mol. The molecule has 0 atom stereocenters. The molecule has 0 bridgehead atoms. The number of nitrogens with one attached hydrogen (secondary N) is 2. The molecule has 0 saturated carbocycles. The molecule has 2 N–H and O–H groups in total. The van der Waals surface area contributed by atoms with Gasteiger partial charge in [-0.2, -0.15) is 0 Å². The highest BCUT2D eigenvalue weighted by Gasteiger charge is 2.13. The van der Waals surface area contributed by atoms with Gasteiger partial charge >= 0.3 is 0 Å². The van der Waals surface area contributed by atoms with Gasteiger partial charge in [-0.1, -0.05) is 0 Å². The molecule has 1 aromatic rings. The minimum Gasteiger partial charge on any atom is -0.496 e. The van der Waals surface area contributed by atoms with Gasteiger partial charge in [-0.25, -0.2) is 0 Å². The summed E-state index contributed by atoms with van der Waals surface area (Å²) in [6.07, 6.45) is 0.920. The molecule has 0 amide bonds. The fraction of sp³-hybridized carbons (Fsp3) is 0.588. The van der Waals surface area contributed by atoms with Crippen molar-refractivity contribution >= 4 is 5.96 Å². The van der Waals surface area contributed by atoms with E-state index in [0.29, 0.717) is 29.8 Å². The van der Waals surface area contributed by atoms with Crippen LogP contribution < -0.4 is 24.8 Å². The molecule has 1 rings (SSSR count). The zero-order chi connectivity index (χ0) is 17.8. The lowest BCUT2D eigenvalue weighted by Gasteiger charge is -2.17. The highest BCUT2D eigenvalue weighted by atomic mass is 16.5. The van der Waals surface area contributed by atoms with E-state index in [2.05, 4.69) is 15.6 Å². The first-order valence-electron chi connectivity index (χ1n) is 8.01. The quantitative estimate of drug-likeness (QED) is 0.385. The van der Waals surface area contributed by atoms with Gasteiger partial charge in [0.2, 0.25) is 0 Å². The van der Waals surface area contributed by atoms with Crippen LogP contribution in [0.5, 0.6) is 17.2 Å². The van der Waals surface area contributed by atoms with E-state index in [0.717, 1.165) is 31.7 Å². The molecule has 0 aliphatic rings.